The van der Waals surface area contributed by atoms with Gasteiger partial charge in [0.25, 0.3) is 0 Å². The number of unbranched alkanes of at least 4 members (excludes halogenated alkanes) is 37. The third kappa shape index (κ3) is 53.0. The minimum atomic E-state index is -0.863. The Kier molecular flexibility index (Phi) is 54.6. The van der Waals surface area contributed by atoms with Gasteiger partial charge in [0.2, 0.25) is 5.91 Å². The monoisotopic (exact) mass is 940 g/mol. The predicted molar refractivity (Wildman–Crippen MR) is 292 cm³/mol. The number of nitrogens with one attached hydrogen (secondary N) is 1. The number of rotatable bonds is 54. The molecule has 0 bridgehead atoms. The van der Waals surface area contributed by atoms with E-state index in [-0.39, 0.29) is 18.5 Å². The number of esters is 1. The first kappa shape index (κ1) is 64.8. The molecule has 6 nitrogen and oxygen atoms in total. The summed E-state index contributed by atoms with van der Waals surface area (Å²) in [5.74, 6) is -0.131. The van der Waals surface area contributed by atoms with Crippen LogP contribution in [0.1, 0.15) is 303 Å². The minimum Gasteiger partial charge on any atom is -0.466 e. The molecule has 0 aromatic heterocycles. The van der Waals surface area contributed by atoms with E-state index in [0.717, 1.165) is 103 Å². The van der Waals surface area contributed by atoms with E-state index in [1.54, 1.807) is 6.08 Å². The van der Waals surface area contributed by atoms with Gasteiger partial charge in [-0.2, -0.15) is 0 Å². The van der Waals surface area contributed by atoms with Gasteiger partial charge in [0.15, 0.2) is 0 Å². The predicted octanol–water partition coefficient (Wildman–Crippen LogP) is 18.2. The first-order valence-corrected chi connectivity index (χ1v) is 29.4. The van der Waals surface area contributed by atoms with Crippen LogP contribution in [0.2, 0.25) is 0 Å². The summed E-state index contributed by atoms with van der Waals surface area (Å²) < 4.78 is 5.45. The van der Waals surface area contributed by atoms with Gasteiger partial charge >= 0.3 is 5.97 Å². The Morgan fingerprint density at radius 3 is 1.16 bits per heavy atom. The second-order valence-electron chi connectivity index (χ2n) is 20.0. The number of allylic oxidation sites excluding steroid dienone is 7. The van der Waals surface area contributed by atoms with Crippen LogP contribution in [0.15, 0.2) is 48.6 Å². The van der Waals surface area contributed by atoms with E-state index in [9.17, 15) is 19.8 Å². The number of ether oxygens (including phenoxy) is 1. The summed E-state index contributed by atoms with van der Waals surface area (Å²) in [7, 11) is 0. The fourth-order valence-electron chi connectivity index (χ4n) is 8.78. The lowest BCUT2D eigenvalue weighted by Gasteiger charge is -2.20. The van der Waals surface area contributed by atoms with Crippen molar-refractivity contribution in [3.63, 3.8) is 0 Å². The lowest BCUT2D eigenvalue weighted by atomic mass is 10.0. The van der Waals surface area contributed by atoms with Crippen molar-refractivity contribution in [1.82, 2.24) is 5.32 Å². The van der Waals surface area contributed by atoms with Crippen LogP contribution < -0.4 is 5.32 Å². The molecular formula is C61H113NO5. The highest BCUT2D eigenvalue weighted by Gasteiger charge is 2.18. The molecule has 2 unspecified atom stereocenters. The van der Waals surface area contributed by atoms with Gasteiger partial charge in [-0.05, 0) is 96.3 Å². The van der Waals surface area contributed by atoms with Crippen molar-refractivity contribution < 1.29 is 24.5 Å². The van der Waals surface area contributed by atoms with Crippen LogP contribution in [0, 0.1) is 0 Å². The van der Waals surface area contributed by atoms with E-state index in [2.05, 4.69) is 55.6 Å². The summed E-state index contributed by atoms with van der Waals surface area (Å²) in [4.78, 5) is 24.5. The molecule has 6 heteroatoms. The van der Waals surface area contributed by atoms with Gasteiger partial charge in [-0.3, -0.25) is 9.59 Å². The SMILES string of the molecule is CCCCCC/C=C\C/C=C\CCCCCCCC(=O)OCCCCC/C=C\CCCCCCCC(=O)NC(CO)C(O)/C=C/CCCCCCCCCCCCCCCCCCCCCC. The third-order valence-electron chi connectivity index (χ3n) is 13.3. The Morgan fingerprint density at radius 1 is 0.418 bits per heavy atom. The number of aliphatic hydroxyl groups excluding tert-OH is 2. The van der Waals surface area contributed by atoms with Crippen LogP contribution >= 0.6 is 0 Å². The molecule has 1 amide bonds. The Morgan fingerprint density at radius 2 is 0.746 bits per heavy atom. The lowest BCUT2D eigenvalue weighted by Crippen LogP contribution is -2.45. The fourth-order valence-corrected chi connectivity index (χ4v) is 8.78. The molecule has 0 aliphatic rings. The van der Waals surface area contributed by atoms with Crippen LogP contribution in [-0.4, -0.2) is 47.4 Å². The Bertz CT molecular complexity index is 1130. The Balaban J connectivity index is 3.55. The van der Waals surface area contributed by atoms with Crippen molar-refractivity contribution >= 4 is 11.9 Å². The Hall–Kier alpha value is -2.18. The Labute approximate surface area is 416 Å². The maximum absolute atomic E-state index is 12.5. The van der Waals surface area contributed by atoms with Crippen LogP contribution in [-0.2, 0) is 14.3 Å². The maximum Gasteiger partial charge on any atom is 0.305 e. The summed E-state index contributed by atoms with van der Waals surface area (Å²) in [6, 6.07) is -0.649. The van der Waals surface area contributed by atoms with Crippen LogP contribution in [0.25, 0.3) is 0 Å². The van der Waals surface area contributed by atoms with Crippen molar-refractivity contribution in [2.24, 2.45) is 0 Å². The van der Waals surface area contributed by atoms with Crippen molar-refractivity contribution in [3.05, 3.63) is 48.6 Å². The summed E-state index contributed by atoms with van der Waals surface area (Å²) in [5.41, 5.74) is 0. The molecule has 67 heavy (non-hydrogen) atoms. The van der Waals surface area contributed by atoms with Crippen molar-refractivity contribution in [3.8, 4) is 0 Å². The zero-order valence-corrected chi connectivity index (χ0v) is 44.6. The highest BCUT2D eigenvalue weighted by Crippen LogP contribution is 2.16. The van der Waals surface area contributed by atoms with Crippen LogP contribution in [0.3, 0.4) is 0 Å². The van der Waals surface area contributed by atoms with Crippen molar-refractivity contribution in [2.75, 3.05) is 13.2 Å². The third-order valence-corrected chi connectivity index (χ3v) is 13.3. The molecule has 0 radical (unpaired) electrons. The highest BCUT2D eigenvalue weighted by atomic mass is 16.5. The topological polar surface area (TPSA) is 95.9 Å². The number of amides is 1. The lowest BCUT2D eigenvalue weighted by molar-refractivity contribution is -0.143. The van der Waals surface area contributed by atoms with E-state index in [4.69, 9.17) is 4.74 Å². The van der Waals surface area contributed by atoms with E-state index >= 15 is 0 Å². The standard InChI is InChI=1S/C61H113NO5/c1-3-5-7-9-11-13-15-17-19-21-22-23-24-25-26-27-29-33-37-41-45-49-53-59(64)58(57-63)62-60(65)54-50-46-42-38-34-31-32-36-40-44-48-52-56-67-61(66)55-51-47-43-39-35-30-28-20-18-16-14-12-10-8-6-4-2/h14,16,20,28,32,36,49,53,58-59,63-64H,3-13,15,17-19,21-27,29-31,33-35,37-48,50-52,54-57H2,1-2H3,(H,62,65)/b16-14-,28-20-,36-32-,53-49+. The molecule has 0 saturated heterocycles. The number of carbonyl (C=O) groups excluding carboxylic acids is 2. The van der Waals surface area contributed by atoms with Crippen LogP contribution in [0.4, 0.5) is 0 Å². The molecule has 0 spiro atoms. The normalized spacial score (nSPS) is 13.0. The molecule has 0 fully saturated rings. The molecule has 0 aromatic carbocycles. The second-order valence-corrected chi connectivity index (χ2v) is 20.0. The average molecular weight is 941 g/mol. The quantitative estimate of drug-likeness (QED) is 0.0321. The fraction of sp³-hybridized carbons (Fsp3) is 0.836. The molecule has 0 aromatic rings. The maximum atomic E-state index is 12.5. The first-order chi connectivity index (χ1) is 33.0. The van der Waals surface area contributed by atoms with Crippen molar-refractivity contribution in [1.29, 1.82) is 0 Å². The average Bonchev–Trinajstić information content (AvgIpc) is 3.33. The summed E-state index contributed by atoms with van der Waals surface area (Å²) in [6.07, 6.45) is 71.3. The largest absolute Gasteiger partial charge is 0.466 e. The van der Waals surface area contributed by atoms with Gasteiger partial charge < -0.3 is 20.3 Å². The molecule has 0 rings (SSSR count). The summed E-state index contributed by atoms with van der Waals surface area (Å²) >= 11 is 0. The zero-order chi connectivity index (χ0) is 48.6. The van der Waals surface area contributed by atoms with Gasteiger partial charge in [0.05, 0.1) is 25.4 Å². The van der Waals surface area contributed by atoms with Crippen molar-refractivity contribution in [2.45, 2.75) is 315 Å². The van der Waals surface area contributed by atoms with Gasteiger partial charge in [0.1, 0.15) is 0 Å². The van der Waals surface area contributed by atoms with Gasteiger partial charge in [-0.1, -0.05) is 242 Å². The highest BCUT2D eigenvalue weighted by molar-refractivity contribution is 5.76. The smallest absolute Gasteiger partial charge is 0.305 e. The van der Waals surface area contributed by atoms with E-state index in [0.29, 0.717) is 19.4 Å². The van der Waals surface area contributed by atoms with Gasteiger partial charge in [-0.15, -0.1) is 0 Å². The number of hydrogen-bond acceptors (Lipinski definition) is 5. The summed E-state index contributed by atoms with van der Waals surface area (Å²) in [6.45, 7) is 4.83. The number of aliphatic hydroxyl groups is 2. The molecule has 0 aliphatic carbocycles. The summed E-state index contributed by atoms with van der Waals surface area (Å²) in [5, 5.41) is 23.2. The minimum absolute atomic E-state index is 0.0379. The van der Waals surface area contributed by atoms with Crippen LogP contribution in [0.5, 0.6) is 0 Å². The van der Waals surface area contributed by atoms with Gasteiger partial charge in [0, 0.05) is 12.8 Å². The number of carbonyl (C=O) groups is 2. The van der Waals surface area contributed by atoms with E-state index in [1.807, 2.05) is 6.08 Å². The molecule has 2 atom stereocenters. The molecule has 0 aliphatic heterocycles. The van der Waals surface area contributed by atoms with E-state index in [1.165, 1.54) is 173 Å². The molecule has 392 valence electrons. The van der Waals surface area contributed by atoms with Gasteiger partial charge in [-0.25, -0.2) is 0 Å². The zero-order valence-electron chi connectivity index (χ0n) is 44.6. The van der Waals surface area contributed by atoms with E-state index < -0.39 is 12.1 Å². The molecule has 0 saturated carbocycles. The first-order valence-electron chi connectivity index (χ1n) is 29.4. The molecule has 3 N–H and O–H groups in total. The molecular weight excluding hydrogens is 827 g/mol. The second kappa shape index (κ2) is 56.4. The number of hydrogen-bond donors (Lipinski definition) is 3. The molecule has 0 heterocycles.